The zero-order valence-electron chi connectivity index (χ0n) is 12.9. The lowest BCUT2D eigenvalue weighted by Gasteiger charge is -2.17. The first kappa shape index (κ1) is 17.9. The molecular formula is C17H14F5NO. The Morgan fingerprint density at radius 2 is 1.46 bits per heavy atom. The van der Waals surface area contributed by atoms with E-state index >= 15 is 0 Å². The Kier molecular flexibility index (Phi) is 5.21. The van der Waals surface area contributed by atoms with E-state index in [1.54, 1.807) is 19.1 Å². The second kappa shape index (κ2) is 6.98. The fraction of sp³-hybridized carbons (Fsp3) is 0.235. The molecule has 0 aromatic heterocycles. The Balaban J connectivity index is 2.21. The summed E-state index contributed by atoms with van der Waals surface area (Å²) in [5.74, 6) is -11.2. The zero-order valence-corrected chi connectivity index (χ0v) is 12.9. The predicted molar refractivity (Wildman–Crippen MR) is 77.7 cm³/mol. The number of carbonyl (C=O) groups is 1. The van der Waals surface area contributed by atoms with Crippen LogP contribution in [0.25, 0.3) is 0 Å². The molecule has 7 heteroatoms. The highest BCUT2D eigenvalue weighted by Crippen LogP contribution is 2.24. The molecule has 0 aliphatic rings. The highest BCUT2D eigenvalue weighted by atomic mass is 19.2. The van der Waals surface area contributed by atoms with Crippen LogP contribution in [0.15, 0.2) is 24.3 Å². The molecule has 0 saturated heterocycles. The maximum atomic E-state index is 13.6. The van der Waals surface area contributed by atoms with Crippen molar-refractivity contribution in [3.05, 3.63) is 70.0 Å². The van der Waals surface area contributed by atoms with E-state index in [4.69, 9.17) is 0 Å². The second-order valence-corrected chi connectivity index (χ2v) is 5.37. The molecule has 0 radical (unpaired) electrons. The van der Waals surface area contributed by atoms with Crippen molar-refractivity contribution in [2.24, 2.45) is 0 Å². The number of rotatable bonds is 4. The largest absolute Gasteiger partial charge is 0.349 e. The Morgan fingerprint density at radius 1 is 0.958 bits per heavy atom. The first-order valence-corrected chi connectivity index (χ1v) is 7.09. The van der Waals surface area contributed by atoms with E-state index in [0.29, 0.717) is 0 Å². The number of carbonyl (C=O) groups excluding carboxylic acids is 1. The van der Waals surface area contributed by atoms with Crippen molar-refractivity contribution in [1.29, 1.82) is 0 Å². The smallest absolute Gasteiger partial charge is 0.225 e. The average Bonchev–Trinajstić information content (AvgIpc) is 2.55. The Labute approximate surface area is 135 Å². The fourth-order valence-electron chi connectivity index (χ4n) is 2.41. The average molecular weight is 343 g/mol. The van der Waals surface area contributed by atoms with E-state index in [2.05, 4.69) is 5.32 Å². The molecule has 0 fully saturated rings. The summed E-state index contributed by atoms with van der Waals surface area (Å²) in [6, 6.07) is 6.66. The quantitative estimate of drug-likeness (QED) is 0.505. The molecule has 0 heterocycles. The van der Waals surface area contributed by atoms with Gasteiger partial charge in [0.1, 0.15) is 0 Å². The van der Waals surface area contributed by atoms with Crippen molar-refractivity contribution >= 4 is 5.91 Å². The van der Waals surface area contributed by atoms with Gasteiger partial charge in [-0.3, -0.25) is 4.79 Å². The van der Waals surface area contributed by atoms with Gasteiger partial charge in [-0.15, -0.1) is 0 Å². The van der Waals surface area contributed by atoms with Crippen LogP contribution in [-0.2, 0) is 11.2 Å². The zero-order chi connectivity index (χ0) is 18.0. The van der Waals surface area contributed by atoms with Gasteiger partial charge in [0.15, 0.2) is 23.3 Å². The summed E-state index contributed by atoms with van der Waals surface area (Å²) in [7, 11) is 0. The van der Waals surface area contributed by atoms with Crippen LogP contribution in [0.1, 0.15) is 29.7 Å². The van der Waals surface area contributed by atoms with Gasteiger partial charge >= 0.3 is 0 Å². The van der Waals surface area contributed by atoms with Crippen LogP contribution in [0, 0.1) is 36.0 Å². The van der Waals surface area contributed by atoms with Crippen LogP contribution in [0.4, 0.5) is 22.0 Å². The van der Waals surface area contributed by atoms with Crippen LogP contribution >= 0.6 is 0 Å². The summed E-state index contributed by atoms with van der Waals surface area (Å²) in [4.78, 5) is 11.9. The van der Waals surface area contributed by atoms with Crippen molar-refractivity contribution < 1.29 is 26.7 Å². The molecule has 24 heavy (non-hydrogen) atoms. The minimum atomic E-state index is -2.25. The third-order valence-corrected chi connectivity index (χ3v) is 3.67. The Morgan fingerprint density at radius 3 is 2.00 bits per heavy atom. The van der Waals surface area contributed by atoms with Gasteiger partial charge in [0.25, 0.3) is 0 Å². The van der Waals surface area contributed by atoms with Gasteiger partial charge in [0, 0.05) is 5.56 Å². The maximum absolute atomic E-state index is 13.6. The number of nitrogens with one attached hydrogen (secondary N) is 1. The molecule has 0 aliphatic heterocycles. The lowest BCUT2D eigenvalue weighted by molar-refractivity contribution is -0.121. The summed E-state index contributed by atoms with van der Waals surface area (Å²) in [5, 5.41) is 2.48. The Hall–Kier alpha value is -2.44. The maximum Gasteiger partial charge on any atom is 0.225 e. The van der Waals surface area contributed by atoms with Crippen LogP contribution in [0.2, 0.25) is 0 Å². The van der Waals surface area contributed by atoms with Crippen molar-refractivity contribution in [3.63, 3.8) is 0 Å². The molecule has 1 unspecified atom stereocenters. The molecule has 128 valence electrons. The summed E-state index contributed by atoms with van der Waals surface area (Å²) in [6.45, 7) is 3.47. The van der Waals surface area contributed by atoms with Crippen molar-refractivity contribution in [3.8, 4) is 0 Å². The van der Waals surface area contributed by atoms with Crippen molar-refractivity contribution in [2.45, 2.75) is 26.3 Å². The summed E-state index contributed by atoms with van der Waals surface area (Å²) in [5.41, 5.74) is 0.519. The van der Waals surface area contributed by atoms with Crippen LogP contribution in [0.3, 0.4) is 0 Å². The van der Waals surface area contributed by atoms with Gasteiger partial charge in [0.2, 0.25) is 11.7 Å². The van der Waals surface area contributed by atoms with Gasteiger partial charge in [0.05, 0.1) is 12.5 Å². The highest BCUT2D eigenvalue weighted by Gasteiger charge is 2.27. The third kappa shape index (κ3) is 3.39. The van der Waals surface area contributed by atoms with E-state index in [1.807, 2.05) is 19.1 Å². The molecular weight excluding hydrogens is 329 g/mol. The molecule has 2 nitrogen and oxygen atoms in total. The molecule has 1 N–H and O–H groups in total. The van der Waals surface area contributed by atoms with Gasteiger partial charge in [-0.1, -0.05) is 24.3 Å². The van der Waals surface area contributed by atoms with E-state index in [-0.39, 0.29) is 0 Å². The second-order valence-electron chi connectivity index (χ2n) is 5.37. The summed E-state index contributed by atoms with van der Waals surface area (Å²) >= 11 is 0. The molecule has 2 rings (SSSR count). The third-order valence-electron chi connectivity index (χ3n) is 3.67. The van der Waals surface area contributed by atoms with E-state index in [1.165, 1.54) is 0 Å². The SMILES string of the molecule is Cc1ccccc1C(C)NC(=O)Cc1c(F)c(F)c(F)c(F)c1F. The summed E-state index contributed by atoms with van der Waals surface area (Å²) in [6.07, 6.45) is -0.956. The first-order valence-electron chi connectivity index (χ1n) is 7.09. The van der Waals surface area contributed by atoms with Gasteiger partial charge in [-0.25, -0.2) is 22.0 Å². The topological polar surface area (TPSA) is 29.1 Å². The Bertz CT molecular complexity index is 762. The number of amides is 1. The van der Waals surface area contributed by atoms with Crippen molar-refractivity contribution in [2.75, 3.05) is 0 Å². The molecule has 1 amide bonds. The minimum Gasteiger partial charge on any atom is -0.349 e. The van der Waals surface area contributed by atoms with Crippen molar-refractivity contribution in [1.82, 2.24) is 5.32 Å². The van der Waals surface area contributed by atoms with E-state index in [9.17, 15) is 26.7 Å². The van der Waals surface area contributed by atoms with E-state index in [0.717, 1.165) is 11.1 Å². The molecule has 2 aromatic carbocycles. The molecule has 0 spiro atoms. The predicted octanol–water partition coefficient (Wildman–Crippen LogP) is 4.11. The number of hydrogen-bond donors (Lipinski definition) is 1. The number of halogens is 5. The molecule has 0 saturated carbocycles. The van der Waals surface area contributed by atoms with Gasteiger partial charge in [-0.05, 0) is 25.0 Å². The minimum absolute atomic E-state index is 0.486. The standard InChI is InChI=1S/C17H14F5NO/c1-8-5-3-4-6-10(8)9(2)23-12(24)7-11-13(18)15(20)17(22)16(21)14(11)19/h3-6,9H,7H2,1-2H3,(H,23,24). The number of hydrogen-bond acceptors (Lipinski definition) is 1. The molecule has 2 aromatic rings. The molecule has 0 bridgehead atoms. The normalized spacial score (nSPS) is 12.1. The molecule has 0 aliphatic carbocycles. The lowest BCUT2D eigenvalue weighted by Crippen LogP contribution is -2.29. The lowest BCUT2D eigenvalue weighted by atomic mass is 10.0. The van der Waals surface area contributed by atoms with Crippen LogP contribution < -0.4 is 5.32 Å². The van der Waals surface area contributed by atoms with E-state index < -0.39 is 53.0 Å². The summed E-state index contributed by atoms with van der Waals surface area (Å²) < 4.78 is 66.4. The monoisotopic (exact) mass is 343 g/mol. The molecule has 1 atom stereocenters. The van der Waals surface area contributed by atoms with Gasteiger partial charge < -0.3 is 5.32 Å². The van der Waals surface area contributed by atoms with Crippen LogP contribution in [-0.4, -0.2) is 5.91 Å². The fourth-order valence-corrected chi connectivity index (χ4v) is 2.41. The first-order chi connectivity index (χ1) is 11.2. The highest BCUT2D eigenvalue weighted by molar-refractivity contribution is 5.79. The number of benzene rings is 2. The van der Waals surface area contributed by atoms with Crippen LogP contribution in [0.5, 0.6) is 0 Å². The van der Waals surface area contributed by atoms with Gasteiger partial charge in [-0.2, -0.15) is 0 Å². The number of aryl methyl sites for hydroxylation is 1.